The third kappa shape index (κ3) is 2.34. The molecule has 2 aliphatic carbocycles. The van der Waals surface area contributed by atoms with E-state index in [1.54, 1.807) is 12.1 Å². The quantitative estimate of drug-likeness (QED) is 0.871. The monoisotopic (exact) mass is 305 g/mol. The summed E-state index contributed by atoms with van der Waals surface area (Å²) < 4.78 is 27.9. The van der Waals surface area contributed by atoms with Crippen LogP contribution >= 0.6 is 0 Å². The van der Waals surface area contributed by atoms with Crippen LogP contribution in [0.3, 0.4) is 0 Å². The minimum absolute atomic E-state index is 0.00169. The minimum Gasteiger partial charge on any atom is -0.207 e. The Hall–Kier alpha value is -1.13. The maximum Gasteiger partial charge on any atom is 0.240 e. The first-order valence-electron chi connectivity index (χ1n) is 7.50. The Balaban J connectivity index is 1.79. The van der Waals surface area contributed by atoms with E-state index in [1.807, 2.05) is 19.1 Å². The lowest BCUT2D eigenvalue weighted by molar-refractivity contribution is 0.269. The Morgan fingerprint density at radius 1 is 1.19 bits per heavy atom. The van der Waals surface area contributed by atoms with E-state index in [-0.39, 0.29) is 17.4 Å². The molecule has 1 N–H and O–H groups in total. The molecule has 0 spiro atoms. The zero-order valence-corrected chi connectivity index (χ0v) is 13.7. The number of fused-ring (bicyclic) bond motifs is 2. The fourth-order valence-electron chi connectivity index (χ4n) is 3.87. The summed E-state index contributed by atoms with van der Waals surface area (Å²) in [5, 5.41) is 0. The van der Waals surface area contributed by atoms with Crippen molar-refractivity contribution < 1.29 is 8.42 Å². The zero-order valence-electron chi connectivity index (χ0n) is 12.9. The van der Waals surface area contributed by atoms with Crippen molar-refractivity contribution >= 4 is 10.0 Å². The van der Waals surface area contributed by atoms with Crippen molar-refractivity contribution in [3.05, 3.63) is 42.0 Å². The van der Waals surface area contributed by atoms with E-state index in [9.17, 15) is 8.42 Å². The third-order valence-electron chi connectivity index (χ3n) is 5.50. The maximum atomic E-state index is 12.5. The molecule has 0 heterocycles. The molecule has 0 unspecified atom stereocenters. The molecule has 3 nitrogen and oxygen atoms in total. The summed E-state index contributed by atoms with van der Waals surface area (Å²) >= 11 is 0. The summed E-state index contributed by atoms with van der Waals surface area (Å²) in [4.78, 5) is 0.348. The first kappa shape index (κ1) is 14.8. The van der Waals surface area contributed by atoms with Crippen molar-refractivity contribution in [1.82, 2.24) is 4.72 Å². The summed E-state index contributed by atoms with van der Waals surface area (Å²) in [7, 11) is -3.43. The van der Waals surface area contributed by atoms with E-state index >= 15 is 0 Å². The van der Waals surface area contributed by atoms with Crippen molar-refractivity contribution in [3.63, 3.8) is 0 Å². The summed E-state index contributed by atoms with van der Waals surface area (Å²) in [5.41, 5.74) is 2.41. The van der Waals surface area contributed by atoms with Gasteiger partial charge < -0.3 is 0 Å². The molecule has 21 heavy (non-hydrogen) atoms. The average molecular weight is 305 g/mol. The molecule has 2 fully saturated rings. The van der Waals surface area contributed by atoms with E-state index in [1.165, 1.54) is 5.57 Å². The Morgan fingerprint density at radius 3 is 2.33 bits per heavy atom. The molecule has 0 aromatic heterocycles. The average Bonchev–Trinajstić information content (AvgIpc) is 2.89. The van der Waals surface area contributed by atoms with Crippen LogP contribution in [-0.4, -0.2) is 14.5 Å². The smallest absolute Gasteiger partial charge is 0.207 e. The lowest BCUT2D eigenvalue weighted by atomic mass is 9.72. The number of benzene rings is 1. The molecule has 1 aromatic carbocycles. The number of aryl methyl sites for hydroxylation is 1. The number of sulfonamides is 1. The molecular formula is C17H23NO2S. The molecule has 3 rings (SSSR count). The van der Waals surface area contributed by atoms with Crippen LogP contribution in [-0.2, 0) is 10.0 Å². The Morgan fingerprint density at radius 2 is 1.81 bits per heavy atom. The van der Waals surface area contributed by atoms with Gasteiger partial charge in [-0.1, -0.05) is 43.7 Å². The van der Waals surface area contributed by atoms with Crippen molar-refractivity contribution in [1.29, 1.82) is 0 Å². The van der Waals surface area contributed by atoms with Gasteiger partial charge in [-0.15, -0.1) is 0 Å². The summed E-state index contributed by atoms with van der Waals surface area (Å²) in [5.74, 6) is 0.825. The topological polar surface area (TPSA) is 46.2 Å². The zero-order chi connectivity index (χ0) is 15.4. The Bertz CT molecular complexity index is 673. The van der Waals surface area contributed by atoms with E-state index in [0.29, 0.717) is 10.8 Å². The van der Waals surface area contributed by atoms with Gasteiger partial charge in [0.2, 0.25) is 10.0 Å². The number of hydrogen-bond donors (Lipinski definition) is 1. The largest absolute Gasteiger partial charge is 0.240 e. The molecule has 2 bridgehead atoms. The van der Waals surface area contributed by atoms with Gasteiger partial charge in [-0.3, -0.25) is 0 Å². The van der Waals surface area contributed by atoms with E-state index < -0.39 is 10.0 Å². The molecule has 4 heteroatoms. The number of nitrogens with one attached hydrogen (secondary N) is 1. The van der Waals surface area contributed by atoms with Gasteiger partial charge in [-0.25, -0.2) is 13.1 Å². The second-order valence-electron chi connectivity index (χ2n) is 7.06. The van der Waals surface area contributed by atoms with Gasteiger partial charge in [0, 0.05) is 6.04 Å². The van der Waals surface area contributed by atoms with Crippen LogP contribution in [0.4, 0.5) is 0 Å². The molecule has 0 amide bonds. The van der Waals surface area contributed by atoms with E-state index in [2.05, 4.69) is 25.1 Å². The fraction of sp³-hybridized carbons (Fsp3) is 0.529. The van der Waals surface area contributed by atoms with Crippen molar-refractivity contribution in [2.75, 3.05) is 0 Å². The molecule has 3 atom stereocenters. The van der Waals surface area contributed by atoms with Gasteiger partial charge in [0.15, 0.2) is 0 Å². The van der Waals surface area contributed by atoms with E-state index in [0.717, 1.165) is 18.4 Å². The molecular weight excluding hydrogens is 282 g/mol. The Labute approximate surface area is 127 Å². The summed E-state index contributed by atoms with van der Waals surface area (Å²) in [6.07, 6.45) is 1.98. The highest BCUT2D eigenvalue weighted by molar-refractivity contribution is 7.89. The fourth-order valence-corrected chi connectivity index (χ4v) is 5.16. The second kappa shape index (κ2) is 4.68. The van der Waals surface area contributed by atoms with Crippen LogP contribution in [0.15, 0.2) is 41.3 Å². The lowest BCUT2D eigenvalue weighted by Crippen LogP contribution is -2.42. The van der Waals surface area contributed by atoms with Gasteiger partial charge in [0.1, 0.15) is 0 Å². The van der Waals surface area contributed by atoms with Crippen LogP contribution in [0, 0.1) is 24.2 Å². The SMILES string of the molecule is C=C1[C@@H]2C[C@H](C[C@H]2NS(=O)(=O)c2ccc(C)cc2)C1(C)C. The molecule has 1 aromatic rings. The van der Waals surface area contributed by atoms with Gasteiger partial charge in [-0.2, -0.15) is 0 Å². The highest BCUT2D eigenvalue weighted by Gasteiger charge is 2.53. The molecule has 2 aliphatic rings. The van der Waals surface area contributed by atoms with Crippen molar-refractivity contribution in [2.24, 2.45) is 17.3 Å². The number of hydrogen-bond acceptors (Lipinski definition) is 2. The van der Waals surface area contributed by atoms with Crippen LogP contribution < -0.4 is 4.72 Å². The van der Waals surface area contributed by atoms with Crippen LogP contribution in [0.1, 0.15) is 32.3 Å². The molecule has 0 radical (unpaired) electrons. The maximum absolute atomic E-state index is 12.5. The molecule has 0 saturated heterocycles. The Kier molecular flexibility index (Phi) is 3.30. The molecule has 0 aliphatic heterocycles. The molecule has 114 valence electrons. The van der Waals surface area contributed by atoms with Crippen LogP contribution in [0.5, 0.6) is 0 Å². The van der Waals surface area contributed by atoms with E-state index in [4.69, 9.17) is 0 Å². The summed E-state index contributed by atoms with van der Waals surface area (Å²) in [6.45, 7) is 10.6. The third-order valence-corrected chi connectivity index (χ3v) is 7.00. The minimum atomic E-state index is -3.43. The molecule has 2 saturated carbocycles. The van der Waals surface area contributed by atoms with Gasteiger partial charge in [-0.05, 0) is 49.1 Å². The predicted molar refractivity (Wildman–Crippen MR) is 84.4 cm³/mol. The summed E-state index contributed by atoms with van der Waals surface area (Å²) in [6, 6.07) is 7.00. The standard InChI is InChI=1S/C17H23NO2S/c1-11-5-7-14(8-6-11)21(19,20)18-16-10-13-9-15(16)12(2)17(13,3)4/h5-8,13,15-16,18H,2,9-10H2,1,3-4H3/t13-,15+,16-/m1/s1. The van der Waals surface area contributed by atoms with Crippen LogP contribution in [0.25, 0.3) is 0 Å². The van der Waals surface area contributed by atoms with Gasteiger partial charge in [0.25, 0.3) is 0 Å². The first-order chi connectivity index (χ1) is 9.72. The van der Waals surface area contributed by atoms with Crippen LogP contribution in [0.2, 0.25) is 0 Å². The van der Waals surface area contributed by atoms with Crippen molar-refractivity contribution in [2.45, 2.75) is 44.6 Å². The van der Waals surface area contributed by atoms with Crippen molar-refractivity contribution in [3.8, 4) is 0 Å². The highest BCUT2D eigenvalue weighted by atomic mass is 32.2. The number of rotatable bonds is 3. The first-order valence-corrected chi connectivity index (χ1v) is 8.98. The lowest BCUT2D eigenvalue weighted by Gasteiger charge is -2.36. The van der Waals surface area contributed by atoms with Gasteiger partial charge >= 0.3 is 0 Å². The van der Waals surface area contributed by atoms with Gasteiger partial charge in [0.05, 0.1) is 4.90 Å². The normalized spacial score (nSPS) is 30.8. The second-order valence-corrected chi connectivity index (χ2v) is 8.78. The predicted octanol–water partition coefficient (Wildman–Crippen LogP) is 3.26. The highest BCUT2D eigenvalue weighted by Crippen LogP contribution is 2.58.